The molecule has 0 aliphatic carbocycles. The Balaban J connectivity index is 0.000000730. The Morgan fingerprint density at radius 3 is 2.40 bits per heavy atom. The van der Waals surface area contributed by atoms with Gasteiger partial charge in [-0.3, -0.25) is 9.11 Å². The summed E-state index contributed by atoms with van der Waals surface area (Å²) in [5.74, 6) is -0.125. The van der Waals surface area contributed by atoms with E-state index in [2.05, 4.69) is 36.9 Å². The summed E-state index contributed by atoms with van der Waals surface area (Å²) in [6, 6.07) is 7.44. The highest BCUT2D eigenvalue weighted by Crippen LogP contribution is 2.37. The van der Waals surface area contributed by atoms with Crippen molar-refractivity contribution in [3.63, 3.8) is 0 Å². The topological polar surface area (TPSA) is 154 Å². The summed E-state index contributed by atoms with van der Waals surface area (Å²) in [5, 5.41) is 3.24. The van der Waals surface area contributed by atoms with E-state index in [4.69, 9.17) is 15.2 Å². The molecular weight excluding hydrogens is 568 g/mol. The van der Waals surface area contributed by atoms with E-state index in [1.807, 2.05) is 6.92 Å². The smallest absolute Gasteiger partial charge is 0.232 e. The van der Waals surface area contributed by atoms with Crippen molar-refractivity contribution in [2.75, 3.05) is 55.6 Å². The number of nitrogens with one attached hydrogen (secondary N) is 2. The maximum atomic E-state index is 15.4. The van der Waals surface area contributed by atoms with E-state index in [1.54, 1.807) is 31.6 Å². The number of nitrogen functional groups attached to an aromatic ring is 1. The molecular formula is C28H35F2N7O4S. The second kappa shape index (κ2) is 15.2. The number of hydrogen-bond acceptors (Lipinski definition) is 10. The molecule has 226 valence electrons. The van der Waals surface area contributed by atoms with Crippen LogP contribution in [0.2, 0.25) is 0 Å². The van der Waals surface area contributed by atoms with E-state index in [9.17, 15) is 12.8 Å². The number of halogens is 2. The SMILES string of the molecule is CCCOCC.CNc1ncc(-c2nc(N)c3cc(-c4cccc(NS(=O)(=O)CCCF)c4F)cc(OC)c3n2)cn1. The molecule has 2 heterocycles. The largest absolute Gasteiger partial charge is 0.494 e. The first-order valence-corrected chi connectivity index (χ1v) is 14.9. The Morgan fingerprint density at radius 2 is 1.81 bits per heavy atom. The van der Waals surface area contributed by atoms with Crippen LogP contribution in [0.25, 0.3) is 33.4 Å². The summed E-state index contributed by atoms with van der Waals surface area (Å²) in [5.41, 5.74) is 7.38. The van der Waals surface area contributed by atoms with E-state index < -0.39 is 28.3 Å². The van der Waals surface area contributed by atoms with Gasteiger partial charge in [0, 0.05) is 43.6 Å². The Kier molecular flexibility index (Phi) is 11.7. The van der Waals surface area contributed by atoms with Crippen molar-refractivity contribution < 1.29 is 26.7 Å². The third-order valence-electron chi connectivity index (χ3n) is 5.82. The van der Waals surface area contributed by atoms with Crippen molar-refractivity contribution in [2.45, 2.75) is 26.7 Å². The lowest BCUT2D eigenvalue weighted by Crippen LogP contribution is -2.18. The van der Waals surface area contributed by atoms with Gasteiger partial charge < -0.3 is 20.5 Å². The summed E-state index contributed by atoms with van der Waals surface area (Å²) in [7, 11) is -0.783. The molecule has 0 amide bonds. The lowest BCUT2D eigenvalue weighted by molar-refractivity contribution is 0.148. The Labute approximate surface area is 244 Å². The fraction of sp³-hybridized carbons (Fsp3) is 0.357. The minimum Gasteiger partial charge on any atom is -0.494 e. The zero-order chi connectivity index (χ0) is 30.7. The molecule has 11 nitrogen and oxygen atoms in total. The number of rotatable bonds is 12. The maximum absolute atomic E-state index is 15.4. The van der Waals surface area contributed by atoms with Crippen LogP contribution in [0.5, 0.6) is 5.75 Å². The van der Waals surface area contributed by atoms with Crippen molar-refractivity contribution in [1.29, 1.82) is 0 Å². The molecule has 42 heavy (non-hydrogen) atoms. The molecule has 0 saturated heterocycles. The van der Waals surface area contributed by atoms with E-state index in [1.165, 1.54) is 25.3 Å². The van der Waals surface area contributed by atoms with Gasteiger partial charge in [0.05, 0.1) is 30.8 Å². The summed E-state index contributed by atoms with van der Waals surface area (Å²) in [4.78, 5) is 17.2. The highest BCUT2D eigenvalue weighted by molar-refractivity contribution is 7.92. The highest BCUT2D eigenvalue weighted by Gasteiger charge is 2.19. The van der Waals surface area contributed by atoms with Crippen LogP contribution >= 0.6 is 0 Å². The quantitative estimate of drug-likeness (QED) is 0.187. The Morgan fingerprint density at radius 1 is 1.07 bits per heavy atom. The van der Waals surface area contributed by atoms with Crippen LogP contribution in [0.1, 0.15) is 26.7 Å². The van der Waals surface area contributed by atoms with Crippen LogP contribution < -0.4 is 20.5 Å². The van der Waals surface area contributed by atoms with Gasteiger partial charge in [-0.2, -0.15) is 0 Å². The van der Waals surface area contributed by atoms with Crippen molar-refractivity contribution in [2.24, 2.45) is 0 Å². The summed E-state index contributed by atoms with van der Waals surface area (Å²) in [6.45, 7) is 5.09. The number of ether oxygens (including phenoxy) is 2. The maximum Gasteiger partial charge on any atom is 0.232 e. The third-order valence-corrected chi connectivity index (χ3v) is 7.18. The van der Waals surface area contributed by atoms with Crippen LogP contribution in [0, 0.1) is 5.82 Å². The van der Waals surface area contributed by atoms with Gasteiger partial charge in [0.25, 0.3) is 0 Å². The number of methoxy groups -OCH3 is 1. The van der Waals surface area contributed by atoms with Crippen LogP contribution in [-0.2, 0) is 14.8 Å². The Bertz CT molecular complexity index is 1590. The second-order valence-corrected chi connectivity index (χ2v) is 10.7. The van der Waals surface area contributed by atoms with E-state index in [-0.39, 0.29) is 29.3 Å². The van der Waals surface area contributed by atoms with Gasteiger partial charge in [0.1, 0.15) is 17.1 Å². The van der Waals surface area contributed by atoms with Crippen LogP contribution in [0.15, 0.2) is 42.7 Å². The molecule has 0 atom stereocenters. The standard InChI is InChI=1S/C23H23F2N7O3S.C5H12O/c1-27-23-28-11-14(12-29-23)22-30-20-16(21(26)31-22)9-13(10-18(20)35-2)15-5-3-6-17(19(15)25)32-36(33,34)8-4-7-24;1-3-5-6-4-2/h3,5-6,9-12,32H,4,7-8H2,1-2H3,(H2,26,30,31)(H,27,28,29);3-5H2,1-2H3. The van der Waals surface area contributed by atoms with Gasteiger partial charge in [0.15, 0.2) is 11.6 Å². The third kappa shape index (κ3) is 8.19. The zero-order valence-corrected chi connectivity index (χ0v) is 24.8. The van der Waals surface area contributed by atoms with Crippen LogP contribution in [0.3, 0.4) is 0 Å². The highest BCUT2D eigenvalue weighted by atomic mass is 32.2. The number of nitrogens with zero attached hydrogens (tertiary/aromatic N) is 4. The predicted octanol–water partition coefficient (Wildman–Crippen LogP) is 5.06. The molecule has 0 aliphatic heterocycles. The first kappa shape index (κ1) is 32.3. The molecule has 0 spiro atoms. The molecule has 0 fully saturated rings. The number of alkyl halides is 1. The van der Waals surface area contributed by atoms with Gasteiger partial charge in [0.2, 0.25) is 16.0 Å². The average Bonchev–Trinajstić information content (AvgIpc) is 3.00. The fourth-order valence-corrected chi connectivity index (χ4v) is 4.91. The van der Waals surface area contributed by atoms with Gasteiger partial charge in [-0.25, -0.2) is 32.7 Å². The Hall–Kier alpha value is -4.17. The summed E-state index contributed by atoms with van der Waals surface area (Å²) in [6.07, 6.45) is 4.05. The molecule has 2 aromatic carbocycles. The summed E-state index contributed by atoms with van der Waals surface area (Å²) < 4.78 is 64.8. The van der Waals surface area contributed by atoms with Gasteiger partial charge >= 0.3 is 0 Å². The molecule has 4 N–H and O–H groups in total. The number of nitrogens with two attached hydrogens (primary N) is 1. The zero-order valence-electron chi connectivity index (χ0n) is 23.9. The van der Waals surface area contributed by atoms with Crippen LogP contribution in [-0.4, -0.2) is 68.2 Å². The van der Waals surface area contributed by atoms with Crippen molar-refractivity contribution in [3.05, 3.63) is 48.5 Å². The van der Waals surface area contributed by atoms with Gasteiger partial charge in [-0.15, -0.1) is 0 Å². The van der Waals surface area contributed by atoms with E-state index in [0.717, 1.165) is 19.6 Å². The van der Waals surface area contributed by atoms with Crippen molar-refractivity contribution in [1.82, 2.24) is 19.9 Å². The molecule has 4 aromatic rings. The van der Waals surface area contributed by atoms with E-state index in [0.29, 0.717) is 33.7 Å². The van der Waals surface area contributed by atoms with Crippen LogP contribution in [0.4, 0.5) is 26.2 Å². The number of hydrogen-bond donors (Lipinski definition) is 3. The minimum absolute atomic E-state index is 0.0976. The number of aromatic nitrogens is 4. The number of benzene rings is 2. The van der Waals surface area contributed by atoms with E-state index >= 15 is 4.39 Å². The molecule has 4 rings (SSSR count). The summed E-state index contributed by atoms with van der Waals surface area (Å²) >= 11 is 0. The monoisotopic (exact) mass is 603 g/mol. The molecule has 0 unspecified atom stereocenters. The number of anilines is 3. The normalized spacial score (nSPS) is 11.1. The molecule has 14 heteroatoms. The first-order chi connectivity index (χ1) is 20.2. The molecule has 0 radical (unpaired) electrons. The molecule has 2 aromatic heterocycles. The molecule has 0 saturated carbocycles. The first-order valence-electron chi connectivity index (χ1n) is 13.3. The average molecular weight is 604 g/mol. The minimum atomic E-state index is -3.92. The number of fused-ring (bicyclic) bond motifs is 1. The molecule has 0 aliphatic rings. The predicted molar refractivity (Wildman–Crippen MR) is 161 cm³/mol. The second-order valence-electron chi connectivity index (χ2n) is 8.88. The lowest BCUT2D eigenvalue weighted by Gasteiger charge is -2.14. The lowest BCUT2D eigenvalue weighted by atomic mass is 10.0. The van der Waals surface area contributed by atoms with Gasteiger partial charge in [-0.1, -0.05) is 19.1 Å². The van der Waals surface area contributed by atoms with Gasteiger partial charge in [-0.05, 0) is 43.5 Å². The van der Waals surface area contributed by atoms with Crippen molar-refractivity contribution in [3.8, 4) is 28.3 Å². The number of sulfonamides is 1. The van der Waals surface area contributed by atoms with Crippen molar-refractivity contribution >= 4 is 38.4 Å². The molecule has 0 bridgehead atoms. The fourth-order valence-electron chi connectivity index (χ4n) is 3.82.